The van der Waals surface area contributed by atoms with E-state index in [1.165, 1.54) is 13.2 Å². The first-order valence-corrected chi connectivity index (χ1v) is 6.22. The molecule has 19 heavy (non-hydrogen) atoms. The zero-order chi connectivity index (χ0) is 14.1. The minimum Gasteiger partial charge on any atom is -0.466 e. The number of carbonyl (C=O) groups is 2. The number of esters is 2. The number of hydrogen-bond donors (Lipinski definition) is 0. The van der Waals surface area contributed by atoms with Gasteiger partial charge in [-0.3, -0.25) is 4.79 Å². The molecule has 0 saturated carbocycles. The molecule has 0 aliphatic carbocycles. The van der Waals surface area contributed by atoms with E-state index < -0.39 is 5.97 Å². The van der Waals surface area contributed by atoms with Gasteiger partial charge >= 0.3 is 11.9 Å². The van der Waals surface area contributed by atoms with Crippen molar-refractivity contribution in [2.45, 2.75) is 26.2 Å². The maximum atomic E-state index is 11.4. The second-order valence-corrected chi connectivity index (χ2v) is 4.00. The Balaban J connectivity index is 2.54. The zero-order valence-corrected chi connectivity index (χ0v) is 11.2. The molecule has 0 saturated heterocycles. The number of methoxy groups -OCH3 is 1. The van der Waals surface area contributed by atoms with Crippen molar-refractivity contribution in [3.8, 4) is 5.75 Å². The van der Waals surface area contributed by atoms with Crippen molar-refractivity contribution in [2.24, 2.45) is 0 Å². The van der Waals surface area contributed by atoms with E-state index in [0.29, 0.717) is 12.2 Å². The van der Waals surface area contributed by atoms with Gasteiger partial charge in [0, 0.05) is 12.5 Å². The molecule has 0 amide bonds. The van der Waals surface area contributed by atoms with Gasteiger partial charge in [-0.25, -0.2) is 4.79 Å². The average molecular weight is 262 g/mol. The molecule has 1 aromatic rings. The van der Waals surface area contributed by atoms with Crippen LogP contribution in [0, 0.1) is 0 Å². The first-order chi connectivity index (χ1) is 9.15. The van der Waals surface area contributed by atoms with Crippen LogP contribution in [0.5, 0.6) is 5.75 Å². The summed E-state index contributed by atoms with van der Waals surface area (Å²) in [4.78, 5) is 22.3. The number of ether oxygens (including phenoxy) is 2. The summed E-state index contributed by atoms with van der Waals surface area (Å²) in [6.45, 7) is 2.02. The lowest BCUT2D eigenvalue weighted by molar-refractivity contribution is -0.135. The van der Waals surface area contributed by atoms with Crippen LogP contribution >= 0.6 is 0 Å². The zero-order valence-electron chi connectivity index (χ0n) is 11.2. The van der Waals surface area contributed by atoms with Crippen LogP contribution in [-0.4, -0.2) is 19.0 Å². The van der Waals surface area contributed by atoms with Crippen molar-refractivity contribution in [3.05, 3.63) is 35.9 Å². The molecular weight excluding hydrogens is 244 g/mol. The third kappa shape index (κ3) is 5.86. The van der Waals surface area contributed by atoms with Gasteiger partial charge in [-0.1, -0.05) is 25.5 Å². The smallest absolute Gasteiger partial charge is 0.330 e. The molecule has 0 N–H and O–H groups in total. The Morgan fingerprint density at radius 1 is 1.21 bits per heavy atom. The molecule has 4 heteroatoms. The van der Waals surface area contributed by atoms with Crippen molar-refractivity contribution >= 4 is 18.0 Å². The standard InChI is InChI=1S/C15H18O4/c1-3-4-5-15(17)19-13-9-6-12(7-10-13)8-11-14(16)18-2/h6-11H,3-5H2,1-2H3. The Hall–Kier alpha value is -2.10. The minimum absolute atomic E-state index is 0.222. The highest BCUT2D eigenvalue weighted by atomic mass is 16.5. The summed E-state index contributed by atoms with van der Waals surface area (Å²) in [5.41, 5.74) is 0.832. The Labute approximate surface area is 113 Å². The molecule has 102 valence electrons. The number of rotatable bonds is 6. The maximum absolute atomic E-state index is 11.4. The minimum atomic E-state index is -0.407. The van der Waals surface area contributed by atoms with Gasteiger partial charge in [0.05, 0.1) is 7.11 Å². The molecule has 0 bridgehead atoms. The third-order valence-corrected chi connectivity index (χ3v) is 2.46. The van der Waals surface area contributed by atoms with Crippen LogP contribution in [0.15, 0.2) is 30.3 Å². The van der Waals surface area contributed by atoms with Crippen molar-refractivity contribution in [3.63, 3.8) is 0 Å². The topological polar surface area (TPSA) is 52.6 Å². The molecule has 0 radical (unpaired) electrons. The van der Waals surface area contributed by atoms with E-state index in [-0.39, 0.29) is 5.97 Å². The third-order valence-electron chi connectivity index (χ3n) is 2.46. The molecule has 0 heterocycles. The summed E-state index contributed by atoms with van der Waals surface area (Å²) in [6.07, 6.45) is 5.20. The summed E-state index contributed by atoms with van der Waals surface area (Å²) < 4.78 is 9.65. The van der Waals surface area contributed by atoms with Gasteiger partial charge in [0.2, 0.25) is 0 Å². The maximum Gasteiger partial charge on any atom is 0.330 e. The first kappa shape index (κ1) is 15.0. The Morgan fingerprint density at radius 3 is 2.47 bits per heavy atom. The van der Waals surface area contributed by atoms with Gasteiger partial charge in [-0.15, -0.1) is 0 Å². The predicted octanol–water partition coefficient (Wildman–Crippen LogP) is 2.97. The van der Waals surface area contributed by atoms with Gasteiger partial charge in [-0.05, 0) is 30.2 Å². The number of carbonyl (C=O) groups excluding carboxylic acids is 2. The average Bonchev–Trinajstić information content (AvgIpc) is 2.44. The van der Waals surface area contributed by atoms with Crippen LogP contribution in [0.4, 0.5) is 0 Å². The SMILES string of the molecule is CCCCC(=O)Oc1ccc(C=CC(=O)OC)cc1. The highest BCUT2D eigenvalue weighted by molar-refractivity contribution is 5.86. The largest absolute Gasteiger partial charge is 0.466 e. The van der Waals surface area contributed by atoms with Crippen LogP contribution in [0.2, 0.25) is 0 Å². The lowest BCUT2D eigenvalue weighted by Gasteiger charge is -2.03. The van der Waals surface area contributed by atoms with Gasteiger partial charge in [-0.2, -0.15) is 0 Å². The second kappa shape index (κ2) is 8.08. The van der Waals surface area contributed by atoms with E-state index >= 15 is 0 Å². The normalized spacial score (nSPS) is 10.4. The van der Waals surface area contributed by atoms with Crippen LogP contribution < -0.4 is 4.74 Å². The van der Waals surface area contributed by atoms with E-state index in [4.69, 9.17) is 4.74 Å². The van der Waals surface area contributed by atoms with Crippen LogP contribution in [0.3, 0.4) is 0 Å². The van der Waals surface area contributed by atoms with Crippen LogP contribution in [0.25, 0.3) is 6.08 Å². The highest BCUT2D eigenvalue weighted by Gasteiger charge is 2.03. The van der Waals surface area contributed by atoms with E-state index in [0.717, 1.165) is 18.4 Å². The summed E-state index contributed by atoms with van der Waals surface area (Å²) >= 11 is 0. The van der Waals surface area contributed by atoms with Gasteiger partial charge in [0.25, 0.3) is 0 Å². The molecular formula is C15H18O4. The fourth-order valence-electron chi connectivity index (χ4n) is 1.38. The van der Waals surface area contributed by atoms with Crippen molar-refractivity contribution in [1.29, 1.82) is 0 Å². The van der Waals surface area contributed by atoms with Crippen molar-refractivity contribution < 1.29 is 19.1 Å². The predicted molar refractivity (Wildman–Crippen MR) is 72.7 cm³/mol. The van der Waals surface area contributed by atoms with Gasteiger partial charge < -0.3 is 9.47 Å². The summed E-state index contributed by atoms with van der Waals surface area (Å²) in [5, 5.41) is 0. The molecule has 0 atom stereocenters. The fraction of sp³-hybridized carbons (Fsp3) is 0.333. The van der Waals surface area contributed by atoms with Gasteiger partial charge in [0.15, 0.2) is 0 Å². The number of hydrogen-bond acceptors (Lipinski definition) is 4. The van der Waals surface area contributed by atoms with Crippen LogP contribution in [0.1, 0.15) is 31.7 Å². The lowest BCUT2D eigenvalue weighted by atomic mass is 10.2. The van der Waals surface area contributed by atoms with E-state index in [9.17, 15) is 9.59 Å². The monoisotopic (exact) mass is 262 g/mol. The Kier molecular flexibility index (Phi) is 6.36. The van der Waals surface area contributed by atoms with Crippen molar-refractivity contribution in [1.82, 2.24) is 0 Å². The highest BCUT2D eigenvalue weighted by Crippen LogP contribution is 2.14. The van der Waals surface area contributed by atoms with E-state index in [1.54, 1.807) is 30.3 Å². The molecule has 4 nitrogen and oxygen atoms in total. The molecule has 0 aromatic heterocycles. The lowest BCUT2D eigenvalue weighted by Crippen LogP contribution is -2.07. The second-order valence-electron chi connectivity index (χ2n) is 4.00. The van der Waals surface area contributed by atoms with Gasteiger partial charge in [0.1, 0.15) is 5.75 Å². The molecule has 0 aliphatic heterocycles. The Bertz CT molecular complexity index is 446. The Morgan fingerprint density at radius 2 is 1.89 bits per heavy atom. The summed E-state index contributed by atoms with van der Waals surface area (Å²) in [6, 6.07) is 6.92. The van der Waals surface area contributed by atoms with Crippen LogP contribution in [-0.2, 0) is 14.3 Å². The molecule has 0 fully saturated rings. The summed E-state index contributed by atoms with van der Waals surface area (Å²) in [5.74, 6) is -0.119. The summed E-state index contributed by atoms with van der Waals surface area (Å²) in [7, 11) is 1.32. The molecule has 0 aliphatic rings. The quantitative estimate of drug-likeness (QED) is 0.449. The van der Waals surface area contributed by atoms with E-state index in [2.05, 4.69) is 4.74 Å². The molecule has 0 unspecified atom stereocenters. The molecule has 1 rings (SSSR count). The van der Waals surface area contributed by atoms with E-state index in [1.807, 2.05) is 6.92 Å². The number of benzene rings is 1. The van der Waals surface area contributed by atoms with Crippen molar-refractivity contribution in [2.75, 3.05) is 7.11 Å². The first-order valence-electron chi connectivity index (χ1n) is 6.22. The molecule has 0 spiro atoms. The fourth-order valence-corrected chi connectivity index (χ4v) is 1.38. The molecule has 1 aromatic carbocycles. The number of unbranched alkanes of at least 4 members (excludes halogenated alkanes) is 1.